The summed E-state index contributed by atoms with van der Waals surface area (Å²) in [5, 5.41) is 6.38. The van der Waals surface area contributed by atoms with Crippen LogP contribution in [0.25, 0.3) is 0 Å². The second-order valence-electron chi connectivity index (χ2n) is 5.55. The number of amides is 1. The summed E-state index contributed by atoms with van der Waals surface area (Å²) in [5.41, 5.74) is 1.30. The van der Waals surface area contributed by atoms with Gasteiger partial charge in [-0.1, -0.05) is 6.08 Å². The Morgan fingerprint density at radius 2 is 1.89 bits per heavy atom. The Labute approximate surface area is 115 Å². The Bertz CT molecular complexity index is 416. The van der Waals surface area contributed by atoms with Gasteiger partial charge in [-0.15, -0.1) is 0 Å². The van der Waals surface area contributed by atoms with Crippen molar-refractivity contribution in [1.29, 1.82) is 0 Å². The van der Waals surface area contributed by atoms with Gasteiger partial charge in [0.25, 0.3) is 0 Å². The maximum absolute atomic E-state index is 12.2. The molecule has 0 unspecified atom stereocenters. The van der Waals surface area contributed by atoms with E-state index in [1.807, 2.05) is 6.92 Å². The smallest absolute Gasteiger partial charge is 0.247 e. The zero-order chi connectivity index (χ0) is 14.5. The maximum atomic E-state index is 12.2. The van der Waals surface area contributed by atoms with Crippen LogP contribution in [0.15, 0.2) is 23.3 Å². The molecule has 0 bridgehead atoms. The van der Waals surface area contributed by atoms with Crippen molar-refractivity contribution in [3.05, 3.63) is 23.3 Å². The summed E-state index contributed by atoms with van der Waals surface area (Å²) in [5.74, 6) is -0.0760. The molecule has 106 valence electrons. The van der Waals surface area contributed by atoms with Gasteiger partial charge in [-0.3, -0.25) is 9.59 Å². The molecule has 1 rings (SSSR count). The minimum atomic E-state index is -0.179. The average Bonchev–Trinajstić information content (AvgIpc) is 2.35. The van der Waals surface area contributed by atoms with Crippen LogP contribution in [0, 0.1) is 0 Å². The summed E-state index contributed by atoms with van der Waals surface area (Å²) in [7, 11) is 0. The van der Waals surface area contributed by atoms with Gasteiger partial charge in [-0.25, -0.2) is 0 Å². The van der Waals surface area contributed by atoms with Crippen molar-refractivity contribution in [3.63, 3.8) is 0 Å². The minimum Gasteiger partial charge on any atom is -0.346 e. The molecule has 4 nitrogen and oxygen atoms in total. The van der Waals surface area contributed by atoms with Crippen LogP contribution in [0.2, 0.25) is 0 Å². The first-order valence-electron chi connectivity index (χ1n) is 6.73. The van der Waals surface area contributed by atoms with Crippen LogP contribution in [0.5, 0.6) is 0 Å². The summed E-state index contributed by atoms with van der Waals surface area (Å²) >= 11 is 0. The summed E-state index contributed by atoms with van der Waals surface area (Å²) in [6, 6.07) is 0. The van der Waals surface area contributed by atoms with E-state index in [0.29, 0.717) is 5.57 Å². The van der Waals surface area contributed by atoms with E-state index in [4.69, 9.17) is 0 Å². The van der Waals surface area contributed by atoms with E-state index in [0.717, 1.165) is 31.5 Å². The van der Waals surface area contributed by atoms with Gasteiger partial charge in [0.1, 0.15) is 0 Å². The van der Waals surface area contributed by atoms with Crippen LogP contribution in [0.3, 0.4) is 0 Å². The van der Waals surface area contributed by atoms with E-state index in [-0.39, 0.29) is 17.2 Å². The van der Waals surface area contributed by atoms with Crippen LogP contribution in [-0.4, -0.2) is 30.3 Å². The van der Waals surface area contributed by atoms with E-state index >= 15 is 0 Å². The second-order valence-corrected chi connectivity index (χ2v) is 5.55. The van der Waals surface area contributed by atoms with E-state index in [2.05, 4.69) is 17.6 Å². The Morgan fingerprint density at radius 1 is 1.21 bits per heavy atom. The fourth-order valence-corrected chi connectivity index (χ4v) is 2.08. The van der Waals surface area contributed by atoms with E-state index in [1.54, 1.807) is 13.0 Å². The molecular formula is C15H24N2O2. The first-order valence-corrected chi connectivity index (χ1v) is 6.73. The predicted octanol–water partition coefficient (Wildman–Crippen LogP) is 1.73. The third-order valence-electron chi connectivity index (χ3n) is 3.51. The van der Waals surface area contributed by atoms with Crippen molar-refractivity contribution in [2.45, 2.75) is 46.1 Å². The summed E-state index contributed by atoms with van der Waals surface area (Å²) in [6.07, 6.45) is 5.23. The van der Waals surface area contributed by atoms with Gasteiger partial charge in [0.05, 0.1) is 0 Å². The van der Waals surface area contributed by atoms with Crippen molar-refractivity contribution in [2.75, 3.05) is 13.1 Å². The monoisotopic (exact) mass is 264 g/mol. The second kappa shape index (κ2) is 6.66. The predicted molar refractivity (Wildman–Crippen MR) is 76.8 cm³/mol. The lowest BCUT2D eigenvalue weighted by molar-refractivity contribution is -0.119. The maximum Gasteiger partial charge on any atom is 0.247 e. The van der Waals surface area contributed by atoms with Gasteiger partial charge in [-0.2, -0.15) is 0 Å². The molecule has 0 spiro atoms. The van der Waals surface area contributed by atoms with Crippen molar-refractivity contribution in [3.8, 4) is 0 Å². The molecule has 0 aliphatic carbocycles. The zero-order valence-electron chi connectivity index (χ0n) is 12.3. The molecular weight excluding hydrogens is 240 g/mol. The molecule has 1 fully saturated rings. The highest BCUT2D eigenvalue weighted by Crippen LogP contribution is 2.16. The lowest BCUT2D eigenvalue weighted by atomic mass is 9.92. The summed E-state index contributed by atoms with van der Waals surface area (Å²) in [6.45, 7) is 9.00. The number of allylic oxidation sites excluding steroid dienone is 3. The molecule has 1 aliphatic rings. The highest BCUT2D eigenvalue weighted by atomic mass is 16.2. The quantitative estimate of drug-likeness (QED) is 0.600. The van der Waals surface area contributed by atoms with Crippen molar-refractivity contribution in [2.24, 2.45) is 0 Å². The standard InChI is InChI=1S/C15H24N2O2/c1-11(6-7-12(2)18)13(3)14(19)17-15(4)8-5-9-16-10-15/h6-7,16H,5,8-10H2,1-4H3,(H,17,19)/b7-6-,13-11+/t15-/m1/s1. The molecule has 4 heteroatoms. The van der Waals surface area contributed by atoms with E-state index < -0.39 is 0 Å². The summed E-state index contributed by atoms with van der Waals surface area (Å²) in [4.78, 5) is 23.1. The van der Waals surface area contributed by atoms with Crippen LogP contribution in [-0.2, 0) is 9.59 Å². The fraction of sp³-hybridized carbons (Fsp3) is 0.600. The third-order valence-corrected chi connectivity index (χ3v) is 3.51. The number of rotatable bonds is 4. The number of ketones is 1. The van der Waals surface area contributed by atoms with Gasteiger partial charge in [0.15, 0.2) is 5.78 Å². The molecule has 1 heterocycles. The number of nitrogens with one attached hydrogen (secondary N) is 2. The van der Waals surface area contributed by atoms with Crippen LogP contribution in [0.4, 0.5) is 0 Å². The fourth-order valence-electron chi connectivity index (χ4n) is 2.08. The molecule has 1 aliphatic heterocycles. The van der Waals surface area contributed by atoms with Crippen LogP contribution < -0.4 is 10.6 Å². The van der Waals surface area contributed by atoms with Crippen molar-refractivity contribution in [1.82, 2.24) is 10.6 Å². The molecule has 19 heavy (non-hydrogen) atoms. The van der Waals surface area contributed by atoms with Crippen LogP contribution >= 0.6 is 0 Å². The Hall–Kier alpha value is -1.42. The van der Waals surface area contributed by atoms with Crippen molar-refractivity contribution >= 4 is 11.7 Å². The zero-order valence-corrected chi connectivity index (χ0v) is 12.3. The van der Waals surface area contributed by atoms with Crippen molar-refractivity contribution < 1.29 is 9.59 Å². The van der Waals surface area contributed by atoms with Gasteiger partial charge < -0.3 is 10.6 Å². The van der Waals surface area contributed by atoms with Gasteiger partial charge in [0.2, 0.25) is 5.91 Å². The Kier molecular flexibility index (Phi) is 5.48. The molecule has 0 radical (unpaired) electrons. The molecule has 0 aromatic carbocycles. The Morgan fingerprint density at radius 3 is 2.42 bits per heavy atom. The molecule has 0 aromatic rings. The number of carbonyl (C=O) groups is 2. The topological polar surface area (TPSA) is 58.2 Å². The number of hydrogen-bond donors (Lipinski definition) is 2. The molecule has 1 amide bonds. The van der Waals surface area contributed by atoms with E-state index in [9.17, 15) is 9.59 Å². The number of piperidine rings is 1. The molecule has 0 aromatic heterocycles. The van der Waals surface area contributed by atoms with Crippen LogP contribution in [0.1, 0.15) is 40.5 Å². The largest absolute Gasteiger partial charge is 0.346 e. The molecule has 1 saturated heterocycles. The first-order chi connectivity index (χ1) is 8.84. The highest BCUT2D eigenvalue weighted by Gasteiger charge is 2.28. The third kappa shape index (κ3) is 4.99. The molecule has 0 saturated carbocycles. The highest BCUT2D eigenvalue weighted by molar-refractivity contribution is 5.95. The molecule has 1 atom stereocenters. The number of carbonyl (C=O) groups excluding carboxylic acids is 2. The lowest BCUT2D eigenvalue weighted by Crippen LogP contribution is -2.55. The lowest BCUT2D eigenvalue weighted by Gasteiger charge is -2.35. The average molecular weight is 264 g/mol. The summed E-state index contributed by atoms with van der Waals surface area (Å²) < 4.78 is 0. The molecule has 2 N–H and O–H groups in total. The minimum absolute atomic E-state index is 0.0176. The van der Waals surface area contributed by atoms with Gasteiger partial charge in [-0.05, 0) is 58.7 Å². The first kappa shape index (κ1) is 15.6. The van der Waals surface area contributed by atoms with Gasteiger partial charge in [0, 0.05) is 17.7 Å². The Balaban J connectivity index is 2.71. The normalized spacial score (nSPS) is 25.1. The number of hydrogen-bond acceptors (Lipinski definition) is 3. The van der Waals surface area contributed by atoms with E-state index in [1.165, 1.54) is 13.0 Å². The SMILES string of the molecule is CC(=O)/C=C\C(C)=C(/C)C(=O)N[C@]1(C)CCCNC1. The van der Waals surface area contributed by atoms with Gasteiger partial charge >= 0.3 is 0 Å².